The summed E-state index contributed by atoms with van der Waals surface area (Å²) in [6, 6.07) is 1.90. The van der Waals surface area contributed by atoms with Crippen molar-refractivity contribution in [2.24, 2.45) is 5.73 Å². The maximum atomic E-state index is 7.31. The largest absolute Gasteiger partial charge is 0.384 e. The number of pyridine rings is 1. The monoisotopic (exact) mass is 163 g/mol. The zero-order valence-electron chi connectivity index (χ0n) is 7.33. The molecule has 0 unspecified atom stereocenters. The van der Waals surface area contributed by atoms with Crippen LogP contribution in [0.3, 0.4) is 0 Å². The molecule has 0 radical (unpaired) electrons. The average molecular weight is 163 g/mol. The number of nitrogen functional groups attached to an aromatic ring is 1. The minimum absolute atomic E-state index is 0.0896. The van der Waals surface area contributed by atoms with Gasteiger partial charge in [-0.3, -0.25) is 10.4 Å². The van der Waals surface area contributed by atoms with Gasteiger partial charge in [0.2, 0.25) is 0 Å². The van der Waals surface area contributed by atoms with Crippen LogP contribution >= 0.6 is 0 Å². The Labute approximate surface area is 72.1 Å². The van der Waals surface area contributed by atoms with Crippen LogP contribution in [-0.2, 0) is 0 Å². The summed E-state index contributed by atoms with van der Waals surface area (Å²) in [6.45, 7) is 4.14. The van der Waals surface area contributed by atoms with E-state index in [-0.39, 0.29) is 5.84 Å². The van der Waals surface area contributed by atoms with Gasteiger partial charge in [0, 0.05) is 18.0 Å². The average Bonchev–Trinajstić information content (AvgIpc) is 2.04. The van der Waals surface area contributed by atoms with Gasteiger partial charge in [0.25, 0.3) is 0 Å². The van der Waals surface area contributed by atoms with E-state index in [0.29, 0.717) is 5.92 Å². The first-order chi connectivity index (χ1) is 5.63. The molecule has 0 aliphatic rings. The van der Waals surface area contributed by atoms with E-state index < -0.39 is 0 Å². The zero-order valence-corrected chi connectivity index (χ0v) is 7.33. The third-order valence-corrected chi connectivity index (χ3v) is 1.77. The van der Waals surface area contributed by atoms with Crippen LogP contribution in [0.15, 0.2) is 18.5 Å². The van der Waals surface area contributed by atoms with Crippen molar-refractivity contribution in [3.05, 3.63) is 29.6 Å². The normalized spacial score (nSPS) is 10.2. The van der Waals surface area contributed by atoms with Crippen molar-refractivity contribution in [3.63, 3.8) is 0 Å². The summed E-state index contributed by atoms with van der Waals surface area (Å²) < 4.78 is 0. The molecule has 1 heterocycles. The van der Waals surface area contributed by atoms with E-state index in [1.54, 1.807) is 12.4 Å². The predicted molar refractivity (Wildman–Crippen MR) is 49.3 cm³/mol. The van der Waals surface area contributed by atoms with Crippen LogP contribution in [0.4, 0.5) is 0 Å². The summed E-state index contributed by atoms with van der Waals surface area (Å²) in [5.74, 6) is 0.471. The molecule has 1 rings (SSSR count). The van der Waals surface area contributed by atoms with Crippen LogP contribution in [-0.4, -0.2) is 10.8 Å². The van der Waals surface area contributed by atoms with Gasteiger partial charge in [0.05, 0.1) is 0 Å². The third kappa shape index (κ3) is 1.61. The molecule has 1 aromatic rings. The van der Waals surface area contributed by atoms with E-state index in [2.05, 4.69) is 18.8 Å². The highest BCUT2D eigenvalue weighted by Crippen LogP contribution is 2.17. The van der Waals surface area contributed by atoms with Crippen LogP contribution < -0.4 is 5.73 Å². The summed E-state index contributed by atoms with van der Waals surface area (Å²) in [5, 5.41) is 7.31. The third-order valence-electron chi connectivity index (χ3n) is 1.77. The Kier molecular flexibility index (Phi) is 2.43. The lowest BCUT2D eigenvalue weighted by atomic mass is 9.99. The van der Waals surface area contributed by atoms with Crippen molar-refractivity contribution in [2.45, 2.75) is 19.8 Å². The number of nitrogens with one attached hydrogen (secondary N) is 1. The highest BCUT2D eigenvalue weighted by molar-refractivity contribution is 5.96. The smallest absolute Gasteiger partial charge is 0.124 e. The standard InChI is InChI=1S/C9H13N3/c1-6(2)7-3-4-12-5-8(7)9(10)11/h3-6H,1-2H3,(H3,10,11). The van der Waals surface area contributed by atoms with Crippen molar-refractivity contribution in [1.82, 2.24) is 4.98 Å². The Morgan fingerprint density at radius 1 is 1.58 bits per heavy atom. The fraction of sp³-hybridized carbons (Fsp3) is 0.333. The van der Waals surface area contributed by atoms with E-state index >= 15 is 0 Å². The molecule has 3 N–H and O–H groups in total. The number of nitrogens with two attached hydrogens (primary N) is 1. The maximum absolute atomic E-state index is 7.31. The second-order valence-corrected chi connectivity index (χ2v) is 3.03. The number of amidine groups is 1. The van der Waals surface area contributed by atoms with Gasteiger partial charge in [-0.1, -0.05) is 13.8 Å². The Morgan fingerprint density at radius 3 is 2.67 bits per heavy atom. The first-order valence-corrected chi connectivity index (χ1v) is 3.91. The van der Waals surface area contributed by atoms with Crippen LogP contribution in [0, 0.1) is 5.41 Å². The van der Waals surface area contributed by atoms with E-state index in [0.717, 1.165) is 11.1 Å². The molecule has 64 valence electrons. The van der Waals surface area contributed by atoms with Gasteiger partial charge in [-0.05, 0) is 17.5 Å². The number of aromatic nitrogens is 1. The summed E-state index contributed by atoms with van der Waals surface area (Å²) >= 11 is 0. The Balaban J connectivity index is 3.17. The topological polar surface area (TPSA) is 62.8 Å². The molecule has 0 aliphatic carbocycles. The summed E-state index contributed by atoms with van der Waals surface area (Å²) in [7, 11) is 0. The maximum Gasteiger partial charge on any atom is 0.124 e. The lowest BCUT2D eigenvalue weighted by molar-refractivity contribution is 0.859. The van der Waals surface area contributed by atoms with Gasteiger partial charge < -0.3 is 5.73 Å². The van der Waals surface area contributed by atoms with Crippen molar-refractivity contribution < 1.29 is 0 Å². The SMILES string of the molecule is CC(C)c1ccncc1C(=N)N. The zero-order chi connectivity index (χ0) is 9.14. The number of rotatable bonds is 2. The number of hydrogen-bond donors (Lipinski definition) is 2. The van der Waals surface area contributed by atoms with E-state index in [1.165, 1.54) is 0 Å². The molecule has 1 aromatic heterocycles. The molecule has 3 heteroatoms. The minimum atomic E-state index is 0.0896. The van der Waals surface area contributed by atoms with Crippen molar-refractivity contribution in [2.75, 3.05) is 0 Å². The van der Waals surface area contributed by atoms with E-state index in [9.17, 15) is 0 Å². The van der Waals surface area contributed by atoms with Gasteiger partial charge in [-0.25, -0.2) is 0 Å². The molecule has 0 saturated heterocycles. The van der Waals surface area contributed by atoms with Crippen molar-refractivity contribution in [1.29, 1.82) is 5.41 Å². The summed E-state index contributed by atoms with van der Waals surface area (Å²) in [4.78, 5) is 3.93. The Morgan fingerprint density at radius 2 is 2.25 bits per heavy atom. The number of nitrogens with zero attached hydrogens (tertiary/aromatic N) is 1. The van der Waals surface area contributed by atoms with Gasteiger partial charge in [-0.2, -0.15) is 0 Å². The van der Waals surface area contributed by atoms with Crippen LogP contribution in [0.2, 0.25) is 0 Å². The molecule has 0 atom stereocenters. The Bertz CT molecular complexity index is 292. The van der Waals surface area contributed by atoms with Crippen LogP contribution in [0.25, 0.3) is 0 Å². The second kappa shape index (κ2) is 3.34. The molecule has 0 aromatic carbocycles. The fourth-order valence-electron chi connectivity index (χ4n) is 1.13. The molecule has 0 saturated carbocycles. The van der Waals surface area contributed by atoms with Gasteiger partial charge in [-0.15, -0.1) is 0 Å². The first-order valence-electron chi connectivity index (χ1n) is 3.91. The summed E-state index contributed by atoms with van der Waals surface area (Å²) in [6.07, 6.45) is 3.36. The number of hydrogen-bond acceptors (Lipinski definition) is 2. The lowest BCUT2D eigenvalue weighted by Crippen LogP contribution is -2.14. The predicted octanol–water partition coefficient (Wildman–Crippen LogP) is 1.49. The minimum Gasteiger partial charge on any atom is -0.384 e. The molecular weight excluding hydrogens is 150 g/mol. The van der Waals surface area contributed by atoms with Gasteiger partial charge in [0.15, 0.2) is 0 Å². The summed E-state index contributed by atoms with van der Waals surface area (Å²) in [5.41, 5.74) is 7.22. The van der Waals surface area contributed by atoms with Gasteiger partial charge in [0.1, 0.15) is 5.84 Å². The highest BCUT2D eigenvalue weighted by atomic mass is 14.7. The molecule has 0 aliphatic heterocycles. The molecular formula is C9H13N3. The van der Waals surface area contributed by atoms with Crippen LogP contribution in [0.1, 0.15) is 30.9 Å². The highest BCUT2D eigenvalue weighted by Gasteiger charge is 2.07. The molecule has 0 amide bonds. The van der Waals surface area contributed by atoms with Crippen molar-refractivity contribution >= 4 is 5.84 Å². The lowest BCUT2D eigenvalue weighted by Gasteiger charge is -2.09. The van der Waals surface area contributed by atoms with Gasteiger partial charge >= 0.3 is 0 Å². The van der Waals surface area contributed by atoms with E-state index in [1.807, 2.05) is 6.07 Å². The molecule has 0 spiro atoms. The first kappa shape index (κ1) is 8.71. The Hall–Kier alpha value is -1.38. The second-order valence-electron chi connectivity index (χ2n) is 3.03. The fourth-order valence-corrected chi connectivity index (χ4v) is 1.13. The quantitative estimate of drug-likeness (QED) is 0.512. The molecule has 0 bridgehead atoms. The molecule has 3 nitrogen and oxygen atoms in total. The molecule has 0 fully saturated rings. The van der Waals surface area contributed by atoms with E-state index in [4.69, 9.17) is 11.1 Å². The molecule has 12 heavy (non-hydrogen) atoms. The van der Waals surface area contributed by atoms with Crippen molar-refractivity contribution in [3.8, 4) is 0 Å². The van der Waals surface area contributed by atoms with Crippen LogP contribution in [0.5, 0.6) is 0 Å².